The van der Waals surface area contributed by atoms with Gasteiger partial charge in [0.05, 0.1) is 6.61 Å². The zero-order valence-corrected chi connectivity index (χ0v) is 17.3. The lowest BCUT2D eigenvalue weighted by Crippen LogP contribution is -2.26. The van der Waals surface area contributed by atoms with Crippen LogP contribution in [-0.2, 0) is 4.74 Å². The minimum Gasteiger partial charge on any atom is -0.461 e. The molecule has 0 spiro atoms. The summed E-state index contributed by atoms with van der Waals surface area (Å²) in [5.74, 6) is -0.294. The average molecular weight is 394 g/mol. The van der Waals surface area contributed by atoms with E-state index in [1.807, 2.05) is 0 Å². The number of imidazole rings is 1. The third-order valence-corrected chi connectivity index (χ3v) is 5.06. The molecule has 0 bridgehead atoms. The lowest BCUT2D eigenvalue weighted by molar-refractivity contribution is -0.0491. The van der Waals surface area contributed by atoms with Gasteiger partial charge in [0.25, 0.3) is 0 Å². The monoisotopic (exact) mass is 393 g/mol. The van der Waals surface area contributed by atoms with E-state index in [1.54, 1.807) is 7.05 Å². The number of rotatable bonds is 14. The molecule has 1 aliphatic rings. The maximum absolute atomic E-state index is 12.2. The van der Waals surface area contributed by atoms with E-state index in [0.717, 1.165) is 12.8 Å². The normalized spacial score (nSPS) is 15.7. The second-order valence-corrected chi connectivity index (χ2v) is 7.46. The molecule has 8 nitrogen and oxygen atoms in total. The van der Waals surface area contributed by atoms with Crippen molar-refractivity contribution in [3.05, 3.63) is 12.0 Å². The molecule has 1 atom stereocenters. The first-order chi connectivity index (χ1) is 13.6. The molecule has 0 amide bonds. The number of hydrogen-bond acceptors (Lipinski definition) is 7. The molecule has 158 valence electrons. The smallest absolute Gasteiger partial charge is 0.360 e. The molecule has 28 heavy (non-hydrogen) atoms. The number of unbranched alkanes of at least 4 members (excludes halogenated alkanes) is 11. The number of aromatic nitrogens is 2. The molecule has 0 aliphatic carbocycles. The summed E-state index contributed by atoms with van der Waals surface area (Å²) < 4.78 is 6.68. The van der Waals surface area contributed by atoms with Crippen molar-refractivity contribution in [3.63, 3.8) is 0 Å². The summed E-state index contributed by atoms with van der Waals surface area (Å²) in [5.41, 5.74) is 0.0924. The van der Waals surface area contributed by atoms with Crippen LogP contribution in [0, 0.1) is 0 Å². The molecule has 2 rings (SSSR count). The van der Waals surface area contributed by atoms with Gasteiger partial charge in [0.15, 0.2) is 11.5 Å². The van der Waals surface area contributed by atoms with E-state index in [9.17, 15) is 9.90 Å². The number of carbonyl (C=O) groups is 1. The zero-order valence-electron chi connectivity index (χ0n) is 17.3. The average Bonchev–Trinajstić information content (AvgIpc) is 3.13. The second kappa shape index (κ2) is 12.5. The molecular formula is C20H35N5O3. The summed E-state index contributed by atoms with van der Waals surface area (Å²) in [7, 11) is 1.59. The summed E-state index contributed by atoms with van der Waals surface area (Å²) >= 11 is 0. The topological polar surface area (TPSA) is 92.3 Å². The number of nitrogens with zero attached hydrogens (tertiary/aromatic N) is 5. The summed E-state index contributed by atoms with van der Waals surface area (Å²) in [6, 6.07) is 0. The molecular weight excluding hydrogens is 358 g/mol. The quantitative estimate of drug-likeness (QED) is 0.349. The maximum atomic E-state index is 12.2. The van der Waals surface area contributed by atoms with Crippen molar-refractivity contribution in [3.8, 4) is 0 Å². The van der Waals surface area contributed by atoms with Crippen LogP contribution in [0.4, 0.5) is 5.82 Å². The van der Waals surface area contributed by atoms with E-state index >= 15 is 0 Å². The lowest BCUT2D eigenvalue weighted by atomic mass is 10.1. The highest BCUT2D eigenvalue weighted by Crippen LogP contribution is 2.28. The van der Waals surface area contributed by atoms with Gasteiger partial charge < -0.3 is 9.84 Å². The van der Waals surface area contributed by atoms with Crippen LogP contribution in [-0.4, -0.2) is 39.3 Å². The van der Waals surface area contributed by atoms with E-state index in [0.29, 0.717) is 6.61 Å². The third kappa shape index (κ3) is 6.89. The fourth-order valence-electron chi connectivity index (χ4n) is 3.28. The van der Waals surface area contributed by atoms with Gasteiger partial charge in [-0.25, -0.2) is 14.8 Å². The van der Waals surface area contributed by atoms with Crippen molar-refractivity contribution >= 4 is 11.8 Å². The standard InChI is InChI=1S/C20H35N5O3/c1-3-4-5-6-7-8-9-10-11-12-13-14-15-28-19(26)17-18-22-23-24(2)20(27)25(18)16-21-17/h16,20,27H,3-15H2,1-2H3. The first-order valence-electron chi connectivity index (χ1n) is 10.7. The van der Waals surface area contributed by atoms with Gasteiger partial charge in [0, 0.05) is 7.05 Å². The lowest BCUT2D eigenvalue weighted by Gasteiger charge is -2.24. The van der Waals surface area contributed by atoms with Gasteiger partial charge >= 0.3 is 5.97 Å². The first-order valence-corrected chi connectivity index (χ1v) is 10.7. The molecule has 1 aromatic rings. The van der Waals surface area contributed by atoms with E-state index in [2.05, 4.69) is 22.2 Å². The Kier molecular flexibility index (Phi) is 9.96. The van der Waals surface area contributed by atoms with Crippen molar-refractivity contribution < 1.29 is 14.6 Å². The maximum Gasteiger partial charge on any atom is 0.360 e. The van der Waals surface area contributed by atoms with Crippen LogP contribution >= 0.6 is 0 Å². The van der Waals surface area contributed by atoms with Gasteiger partial charge in [0.1, 0.15) is 6.33 Å². The van der Waals surface area contributed by atoms with Crippen LogP contribution < -0.4 is 0 Å². The zero-order chi connectivity index (χ0) is 20.2. The van der Waals surface area contributed by atoms with Crippen molar-refractivity contribution in [2.45, 2.75) is 90.3 Å². The summed E-state index contributed by atoms with van der Waals surface area (Å²) in [6.07, 6.45) is 15.5. The molecule has 0 fully saturated rings. The minimum atomic E-state index is -1.02. The van der Waals surface area contributed by atoms with E-state index in [4.69, 9.17) is 4.74 Å². The van der Waals surface area contributed by atoms with Crippen LogP contribution in [0.2, 0.25) is 0 Å². The Morgan fingerprint density at radius 3 is 2.21 bits per heavy atom. The fourth-order valence-corrected chi connectivity index (χ4v) is 3.28. The largest absolute Gasteiger partial charge is 0.461 e. The van der Waals surface area contributed by atoms with Crippen LogP contribution in [0.1, 0.15) is 101 Å². The number of carbonyl (C=O) groups excluding carboxylic acids is 1. The van der Waals surface area contributed by atoms with E-state index in [1.165, 1.54) is 80.1 Å². The van der Waals surface area contributed by atoms with Gasteiger partial charge in [-0.15, -0.1) is 5.11 Å². The van der Waals surface area contributed by atoms with Crippen LogP contribution in [0.25, 0.3) is 0 Å². The van der Waals surface area contributed by atoms with Crippen LogP contribution in [0.3, 0.4) is 0 Å². The minimum absolute atomic E-state index is 0.0924. The third-order valence-electron chi connectivity index (χ3n) is 5.06. The Morgan fingerprint density at radius 2 is 1.61 bits per heavy atom. The number of fused-ring (bicyclic) bond motifs is 1. The number of aliphatic hydroxyl groups excluding tert-OH is 1. The Labute approximate surface area is 168 Å². The second-order valence-electron chi connectivity index (χ2n) is 7.46. The molecule has 1 unspecified atom stereocenters. The Morgan fingerprint density at radius 1 is 1.04 bits per heavy atom. The van der Waals surface area contributed by atoms with Crippen LogP contribution in [0.15, 0.2) is 16.7 Å². The van der Waals surface area contributed by atoms with Crippen molar-refractivity contribution in [2.75, 3.05) is 13.7 Å². The first kappa shape index (κ1) is 22.3. The molecule has 8 heteroatoms. The molecule has 2 heterocycles. The molecule has 0 saturated heterocycles. The van der Waals surface area contributed by atoms with Gasteiger partial charge in [0.2, 0.25) is 6.35 Å². The summed E-state index contributed by atoms with van der Waals surface area (Å²) in [5, 5.41) is 18.9. The van der Waals surface area contributed by atoms with Gasteiger partial charge in [-0.3, -0.25) is 4.57 Å². The number of aliphatic hydroxyl groups is 1. The van der Waals surface area contributed by atoms with E-state index < -0.39 is 12.3 Å². The fraction of sp³-hybridized carbons (Fsp3) is 0.800. The predicted octanol–water partition coefficient (Wildman–Crippen LogP) is 5.13. The summed E-state index contributed by atoms with van der Waals surface area (Å²) in [4.78, 5) is 16.2. The Hall–Kier alpha value is -1.96. The molecule has 1 N–H and O–H groups in total. The van der Waals surface area contributed by atoms with Gasteiger partial charge in [-0.1, -0.05) is 82.8 Å². The molecule has 0 aromatic carbocycles. The highest BCUT2D eigenvalue weighted by Gasteiger charge is 2.27. The van der Waals surface area contributed by atoms with Crippen LogP contribution in [0.5, 0.6) is 0 Å². The Bertz CT molecular complexity index is 617. The predicted molar refractivity (Wildman–Crippen MR) is 107 cm³/mol. The molecule has 0 saturated carbocycles. The van der Waals surface area contributed by atoms with Crippen molar-refractivity contribution in [2.24, 2.45) is 10.3 Å². The van der Waals surface area contributed by atoms with Gasteiger partial charge in [-0.05, 0) is 6.42 Å². The molecule has 1 aromatic heterocycles. The van der Waals surface area contributed by atoms with Crippen molar-refractivity contribution in [1.82, 2.24) is 14.6 Å². The highest BCUT2D eigenvalue weighted by atomic mass is 16.5. The molecule has 1 aliphatic heterocycles. The van der Waals surface area contributed by atoms with Crippen molar-refractivity contribution in [1.29, 1.82) is 0 Å². The Balaban J connectivity index is 1.50. The molecule has 0 radical (unpaired) electrons. The SMILES string of the molecule is CCCCCCCCCCCCCCOC(=O)c1ncn2c1N=NN(C)C2O. The van der Waals surface area contributed by atoms with E-state index in [-0.39, 0.29) is 11.5 Å². The number of esters is 1. The number of ether oxygens (including phenoxy) is 1. The highest BCUT2D eigenvalue weighted by molar-refractivity contribution is 5.91. The van der Waals surface area contributed by atoms with Gasteiger partial charge in [-0.2, -0.15) is 0 Å². The number of hydrogen-bond donors (Lipinski definition) is 1. The summed E-state index contributed by atoms with van der Waals surface area (Å²) in [6.45, 7) is 2.63.